The molecule has 0 aromatic carbocycles. The van der Waals surface area contributed by atoms with Crippen molar-refractivity contribution in [2.24, 2.45) is 57.2 Å². The number of rotatable bonds is 8. The van der Waals surface area contributed by atoms with E-state index in [0.29, 0.717) is 17.8 Å². The molecule has 14 atom stereocenters. The second-order valence-corrected chi connectivity index (χ2v) is 18.6. The second-order valence-electron chi connectivity index (χ2n) is 17.9. The van der Waals surface area contributed by atoms with Crippen LogP contribution in [0.1, 0.15) is 99.3 Å². The molecule has 7 aliphatic rings. The van der Waals surface area contributed by atoms with E-state index in [1.807, 2.05) is 0 Å². The molecule has 12 heteroatoms. The molecule has 0 aromatic heterocycles. The Bertz CT molecular complexity index is 1300. The molecule has 0 radical (unpaired) electrons. The summed E-state index contributed by atoms with van der Waals surface area (Å²) in [6, 6.07) is 0. The van der Waals surface area contributed by atoms with Gasteiger partial charge in [-0.15, -0.1) is 0 Å². The minimum absolute atomic E-state index is 0.00408. The Hall–Kier alpha value is -1.47. The number of nitrogens with zero attached hydrogens (tertiary/aromatic N) is 1. The van der Waals surface area contributed by atoms with Gasteiger partial charge in [0.15, 0.2) is 0 Å². The molecule has 2 spiro atoms. The number of amides is 2. The number of aliphatic hydroxyl groups is 1. The van der Waals surface area contributed by atoms with E-state index < -0.39 is 23.5 Å². The van der Waals surface area contributed by atoms with Gasteiger partial charge in [-0.2, -0.15) is 0 Å². The first-order chi connectivity index (χ1) is 22.7. The maximum Gasteiger partial charge on any atom is 0.410 e. The number of aliphatic hydroxyl groups excluding tert-OH is 1. The van der Waals surface area contributed by atoms with Crippen molar-refractivity contribution in [1.82, 2.24) is 14.9 Å². The van der Waals surface area contributed by atoms with Crippen LogP contribution in [0.4, 0.5) is 9.59 Å². The van der Waals surface area contributed by atoms with Gasteiger partial charge in [0.05, 0.1) is 18.3 Å². The maximum atomic E-state index is 12.9. The van der Waals surface area contributed by atoms with Crippen molar-refractivity contribution in [2.75, 3.05) is 26.2 Å². The highest BCUT2D eigenvalue weighted by Crippen LogP contribution is 2.87. The topological polar surface area (TPSA) is 149 Å². The van der Waals surface area contributed by atoms with Crippen LogP contribution in [0.25, 0.3) is 0 Å². The van der Waals surface area contributed by atoms with E-state index in [4.69, 9.17) is 14.2 Å². The summed E-state index contributed by atoms with van der Waals surface area (Å²) >= 11 is -2.36. The number of carbonyl (C=O) groups is 2. The van der Waals surface area contributed by atoms with Gasteiger partial charge in [-0.1, -0.05) is 41.5 Å². The number of hydrogen-bond donors (Lipinski definition) is 3. The van der Waals surface area contributed by atoms with Gasteiger partial charge in [0.1, 0.15) is 12.2 Å². The van der Waals surface area contributed by atoms with Crippen molar-refractivity contribution in [2.45, 2.75) is 130 Å². The van der Waals surface area contributed by atoms with Gasteiger partial charge >= 0.3 is 12.2 Å². The summed E-state index contributed by atoms with van der Waals surface area (Å²) in [6.07, 6.45) is 7.07. The van der Waals surface area contributed by atoms with Gasteiger partial charge in [0, 0.05) is 42.9 Å². The molecule has 11 nitrogen and oxygen atoms in total. The molecule has 272 valence electrons. The van der Waals surface area contributed by atoms with Crippen LogP contribution in [0.15, 0.2) is 0 Å². The number of ether oxygens (including phenoxy) is 3. The van der Waals surface area contributed by atoms with Crippen LogP contribution in [0.3, 0.4) is 0 Å². The minimum atomic E-state index is -2.36. The summed E-state index contributed by atoms with van der Waals surface area (Å²) in [5, 5.41) is 15.0. The number of hydrogen-bond acceptors (Lipinski definition) is 8. The Kier molecular flexibility index (Phi) is 8.99. The van der Waals surface area contributed by atoms with Gasteiger partial charge < -0.3 is 34.1 Å². The summed E-state index contributed by atoms with van der Waals surface area (Å²) in [4.78, 5) is 27.3. The van der Waals surface area contributed by atoms with E-state index in [1.165, 1.54) is 12.8 Å². The average molecular weight is 693 g/mol. The standard InChI is InChI=1S/C36H59N3O8S/c1-20(2)29(47-32(42)39-16-7-17-39)23-18-21(3)26-30(45-23)28(40)27-22-8-9-24-33(4,5)25(46-31(41)37-14-15-38-48(43)44)10-11-36(24)19-35(22,36)13-12-34(26,27)6/h20-30,38,40H,7-19H2,1-6H3,(H,37,41)(H,43,44)/p-1. The summed E-state index contributed by atoms with van der Waals surface area (Å²) in [6.45, 7) is 15.3. The molecule has 14 unspecified atom stereocenters. The van der Waals surface area contributed by atoms with Crippen LogP contribution < -0.4 is 10.0 Å². The Balaban J connectivity index is 1.06. The van der Waals surface area contributed by atoms with Crippen molar-refractivity contribution in [3.05, 3.63) is 0 Å². The number of carbonyl (C=O) groups excluding carboxylic acids is 2. The fraction of sp³-hybridized carbons (Fsp3) is 0.944. The molecule has 5 saturated carbocycles. The smallest absolute Gasteiger partial charge is 0.410 e. The van der Waals surface area contributed by atoms with Crippen LogP contribution >= 0.6 is 0 Å². The first-order valence-electron chi connectivity index (χ1n) is 18.7. The summed E-state index contributed by atoms with van der Waals surface area (Å²) < 4.78 is 42.7. The highest BCUT2D eigenvalue weighted by molar-refractivity contribution is 7.77. The summed E-state index contributed by atoms with van der Waals surface area (Å²) in [5.74, 6) is 1.82. The van der Waals surface area contributed by atoms with E-state index in [9.17, 15) is 23.5 Å². The molecule has 3 N–H and O–H groups in total. The van der Waals surface area contributed by atoms with Crippen LogP contribution in [-0.4, -0.2) is 87.7 Å². The van der Waals surface area contributed by atoms with Crippen LogP contribution in [0, 0.1) is 57.2 Å². The molecule has 2 amide bonds. The second kappa shape index (κ2) is 12.3. The molecule has 2 aliphatic heterocycles. The van der Waals surface area contributed by atoms with Gasteiger partial charge in [0.25, 0.3) is 0 Å². The van der Waals surface area contributed by atoms with Crippen molar-refractivity contribution >= 4 is 23.5 Å². The van der Waals surface area contributed by atoms with E-state index >= 15 is 0 Å². The molecule has 0 aromatic rings. The third-order valence-corrected chi connectivity index (χ3v) is 15.6. The van der Waals surface area contributed by atoms with E-state index in [1.54, 1.807) is 4.90 Å². The Morgan fingerprint density at radius 2 is 1.81 bits per heavy atom. The maximum absolute atomic E-state index is 12.9. The number of likely N-dealkylation sites (tertiary alicyclic amines) is 1. The molecule has 2 heterocycles. The predicted octanol–water partition coefficient (Wildman–Crippen LogP) is 4.76. The first kappa shape index (κ1) is 35.0. The molecule has 0 bridgehead atoms. The highest BCUT2D eigenvalue weighted by atomic mass is 32.2. The SMILES string of the molecule is CC(C)C(OC(=O)N1CCC1)C1CC(C)C2C(O1)C(O)C1C3CCC4C(C)(C)C(OC(=O)NCCNS(=O)[O-])CCC45CC35CCC21C. The lowest BCUT2D eigenvalue weighted by atomic mass is 9.46. The van der Waals surface area contributed by atoms with Crippen molar-refractivity contribution in [1.29, 1.82) is 0 Å². The zero-order valence-corrected chi connectivity index (χ0v) is 30.5. The van der Waals surface area contributed by atoms with Crippen molar-refractivity contribution in [3.63, 3.8) is 0 Å². The first-order valence-corrected chi connectivity index (χ1v) is 19.8. The van der Waals surface area contributed by atoms with Crippen LogP contribution in [0.5, 0.6) is 0 Å². The molecule has 48 heavy (non-hydrogen) atoms. The molecule has 2 saturated heterocycles. The quantitative estimate of drug-likeness (QED) is 0.244. The highest BCUT2D eigenvalue weighted by Gasteiger charge is 2.82. The van der Waals surface area contributed by atoms with Crippen LogP contribution in [-0.2, 0) is 25.5 Å². The molecular weight excluding hydrogens is 634 g/mol. The molecule has 7 fully saturated rings. The Morgan fingerprint density at radius 3 is 2.48 bits per heavy atom. The van der Waals surface area contributed by atoms with Gasteiger partial charge in [-0.05, 0) is 110 Å². The zero-order chi connectivity index (χ0) is 34.4. The molecular formula is C36H58N3O8S-. The Morgan fingerprint density at radius 1 is 1.06 bits per heavy atom. The minimum Gasteiger partial charge on any atom is -0.760 e. The number of alkyl carbamates (subject to hydrolysis) is 1. The third-order valence-electron chi connectivity index (χ3n) is 15.1. The van der Waals surface area contributed by atoms with Gasteiger partial charge in [-0.3, -0.25) is 4.21 Å². The fourth-order valence-electron chi connectivity index (χ4n) is 13.1. The van der Waals surface area contributed by atoms with Crippen LogP contribution in [0.2, 0.25) is 0 Å². The van der Waals surface area contributed by atoms with E-state index in [0.717, 1.165) is 58.0 Å². The van der Waals surface area contributed by atoms with E-state index in [2.05, 4.69) is 51.6 Å². The van der Waals surface area contributed by atoms with E-state index in [-0.39, 0.29) is 83.0 Å². The monoisotopic (exact) mass is 692 g/mol. The predicted molar refractivity (Wildman–Crippen MR) is 178 cm³/mol. The van der Waals surface area contributed by atoms with Crippen molar-refractivity contribution in [3.8, 4) is 0 Å². The van der Waals surface area contributed by atoms with Gasteiger partial charge in [0.2, 0.25) is 0 Å². The van der Waals surface area contributed by atoms with Crippen molar-refractivity contribution < 1.29 is 37.7 Å². The fourth-order valence-corrected chi connectivity index (χ4v) is 13.3. The lowest BCUT2D eigenvalue weighted by Gasteiger charge is -2.59. The third kappa shape index (κ3) is 5.27. The molecule has 5 aliphatic carbocycles. The summed E-state index contributed by atoms with van der Waals surface area (Å²) in [5.41, 5.74) is 0.250. The largest absolute Gasteiger partial charge is 0.760 e. The average Bonchev–Trinajstić information content (AvgIpc) is 3.59. The summed E-state index contributed by atoms with van der Waals surface area (Å²) in [7, 11) is 0. The molecule has 7 rings (SSSR count). The number of nitrogens with one attached hydrogen (secondary N) is 2. The normalized spacial score (nSPS) is 46.4. The van der Waals surface area contributed by atoms with Gasteiger partial charge in [-0.25, -0.2) is 14.3 Å². The zero-order valence-electron chi connectivity index (χ0n) is 29.7. The number of fused-ring (bicyclic) bond motifs is 4. The lowest BCUT2D eigenvalue weighted by molar-refractivity contribution is -0.180. The lowest BCUT2D eigenvalue weighted by Crippen LogP contribution is -2.56. The Labute approximate surface area is 288 Å².